The Morgan fingerprint density at radius 2 is 1.95 bits per heavy atom. The molecule has 3 nitrogen and oxygen atoms in total. The molecule has 0 heterocycles. The molecule has 1 rings (SSSR count). The molecule has 0 aliphatic carbocycles. The molecule has 0 saturated heterocycles. The molecule has 108 valence electrons. The van der Waals surface area contributed by atoms with E-state index in [-0.39, 0.29) is 12.1 Å². The van der Waals surface area contributed by atoms with E-state index in [0.29, 0.717) is 0 Å². The van der Waals surface area contributed by atoms with E-state index in [0.717, 1.165) is 31.7 Å². The maximum absolute atomic E-state index is 5.98. The number of hydrogen-bond donors (Lipinski definition) is 1. The van der Waals surface area contributed by atoms with Crippen molar-refractivity contribution in [3.8, 4) is 5.75 Å². The van der Waals surface area contributed by atoms with Crippen LogP contribution in [0.2, 0.25) is 0 Å². The van der Waals surface area contributed by atoms with Gasteiger partial charge in [-0.1, -0.05) is 25.1 Å². The Kier molecular flexibility index (Phi) is 7.53. The quantitative estimate of drug-likeness (QED) is 0.693. The van der Waals surface area contributed by atoms with Crippen LogP contribution in [0.25, 0.3) is 0 Å². The number of rotatable bonds is 9. The molecule has 0 aliphatic heterocycles. The lowest BCUT2D eigenvalue weighted by Gasteiger charge is -2.20. The molecule has 0 aromatic heterocycles. The summed E-state index contributed by atoms with van der Waals surface area (Å²) in [6.45, 7) is 8.16. The summed E-state index contributed by atoms with van der Waals surface area (Å²) in [5.74, 6) is 0.989. The van der Waals surface area contributed by atoms with E-state index in [4.69, 9.17) is 9.47 Å². The van der Waals surface area contributed by atoms with Crippen LogP contribution in [0.3, 0.4) is 0 Å². The molecule has 0 radical (unpaired) electrons. The van der Waals surface area contributed by atoms with E-state index in [1.807, 2.05) is 6.07 Å². The molecule has 0 saturated carbocycles. The highest BCUT2D eigenvalue weighted by atomic mass is 16.5. The monoisotopic (exact) mass is 265 g/mol. The van der Waals surface area contributed by atoms with Crippen LogP contribution in [0.15, 0.2) is 24.3 Å². The van der Waals surface area contributed by atoms with Crippen molar-refractivity contribution in [2.75, 3.05) is 20.3 Å². The second-order valence-corrected chi connectivity index (χ2v) is 4.90. The normalized spacial score (nSPS) is 14.1. The SMILES string of the molecule is CC[C@@H](C)Oc1ccccc1[C@@H](C)NCCCOC. The highest BCUT2D eigenvalue weighted by molar-refractivity contribution is 5.35. The van der Waals surface area contributed by atoms with Gasteiger partial charge in [-0.25, -0.2) is 0 Å². The molecular weight excluding hydrogens is 238 g/mol. The van der Waals surface area contributed by atoms with E-state index in [1.165, 1.54) is 5.56 Å². The first kappa shape index (κ1) is 16.0. The molecule has 0 fully saturated rings. The Morgan fingerprint density at radius 1 is 1.21 bits per heavy atom. The third kappa shape index (κ3) is 5.62. The van der Waals surface area contributed by atoms with E-state index in [1.54, 1.807) is 7.11 Å². The van der Waals surface area contributed by atoms with Crippen molar-refractivity contribution < 1.29 is 9.47 Å². The van der Waals surface area contributed by atoms with Crippen LogP contribution in [-0.2, 0) is 4.74 Å². The third-order valence-electron chi connectivity index (χ3n) is 3.26. The number of hydrogen-bond acceptors (Lipinski definition) is 3. The Balaban J connectivity index is 2.59. The molecule has 1 aromatic rings. The summed E-state index contributed by atoms with van der Waals surface area (Å²) < 4.78 is 11.0. The second-order valence-electron chi connectivity index (χ2n) is 4.90. The lowest BCUT2D eigenvalue weighted by Crippen LogP contribution is -2.22. The van der Waals surface area contributed by atoms with Crippen LogP contribution in [0.1, 0.15) is 45.2 Å². The van der Waals surface area contributed by atoms with Crippen molar-refractivity contribution in [1.29, 1.82) is 0 Å². The fourth-order valence-corrected chi connectivity index (χ4v) is 1.89. The van der Waals surface area contributed by atoms with Gasteiger partial charge in [0.2, 0.25) is 0 Å². The Bertz CT molecular complexity index is 354. The molecule has 1 aromatic carbocycles. The summed E-state index contributed by atoms with van der Waals surface area (Å²) in [4.78, 5) is 0. The zero-order valence-corrected chi connectivity index (χ0v) is 12.6. The van der Waals surface area contributed by atoms with Gasteiger partial charge in [-0.3, -0.25) is 0 Å². The average Bonchev–Trinajstić information content (AvgIpc) is 2.43. The maximum atomic E-state index is 5.98. The number of nitrogens with one attached hydrogen (secondary N) is 1. The van der Waals surface area contributed by atoms with E-state index in [9.17, 15) is 0 Å². The van der Waals surface area contributed by atoms with Crippen molar-refractivity contribution in [2.45, 2.75) is 45.8 Å². The Labute approximate surface area is 117 Å². The van der Waals surface area contributed by atoms with Crippen LogP contribution in [-0.4, -0.2) is 26.4 Å². The molecule has 1 N–H and O–H groups in total. The number of benzene rings is 1. The summed E-state index contributed by atoms with van der Waals surface area (Å²) >= 11 is 0. The Hall–Kier alpha value is -1.06. The Morgan fingerprint density at radius 3 is 2.63 bits per heavy atom. The minimum atomic E-state index is 0.252. The molecular formula is C16H27NO2. The molecule has 19 heavy (non-hydrogen) atoms. The first-order chi connectivity index (χ1) is 9.19. The standard InChI is InChI=1S/C16H27NO2/c1-5-13(2)19-16-10-7-6-9-15(16)14(3)17-11-8-12-18-4/h6-7,9-10,13-14,17H,5,8,11-12H2,1-4H3/t13-,14-/m1/s1. The summed E-state index contributed by atoms with van der Waals surface area (Å²) in [5.41, 5.74) is 1.22. The van der Waals surface area contributed by atoms with Gasteiger partial charge in [-0.15, -0.1) is 0 Å². The smallest absolute Gasteiger partial charge is 0.124 e. The molecule has 0 spiro atoms. The fraction of sp³-hybridized carbons (Fsp3) is 0.625. The van der Waals surface area contributed by atoms with Crippen LogP contribution in [0.4, 0.5) is 0 Å². The predicted molar refractivity (Wildman–Crippen MR) is 79.7 cm³/mol. The zero-order valence-electron chi connectivity index (χ0n) is 12.6. The number of methoxy groups -OCH3 is 1. The first-order valence-corrected chi connectivity index (χ1v) is 7.17. The van der Waals surface area contributed by atoms with Crippen molar-refractivity contribution in [3.63, 3.8) is 0 Å². The van der Waals surface area contributed by atoms with Gasteiger partial charge in [0, 0.05) is 25.3 Å². The molecule has 0 bridgehead atoms. The maximum Gasteiger partial charge on any atom is 0.124 e. The van der Waals surface area contributed by atoms with E-state index < -0.39 is 0 Å². The number of ether oxygens (including phenoxy) is 2. The lowest BCUT2D eigenvalue weighted by atomic mass is 10.1. The van der Waals surface area contributed by atoms with Gasteiger partial charge < -0.3 is 14.8 Å². The molecule has 0 amide bonds. The molecule has 3 heteroatoms. The van der Waals surface area contributed by atoms with Crippen LogP contribution < -0.4 is 10.1 Å². The summed E-state index contributed by atoms with van der Waals surface area (Å²) in [6, 6.07) is 8.56. The highest BCUT2D eigenvalue weighted by Crippen LogP contribution is 2.26. The zero-order chi connectivity index (χ0) is 14.1. The summed E-state index contributed by atoms with van der Waals surface area (Å²) in [7, 11) is 1.73. The van der Waals surface area contributed by atoms with Crippen LogP contribution >= 0.6 is 0 Å². The van der Waals surface area contributed by atoms with Gasteiger partial charge in [0.15, 0.2) is 0 Å². The van der Waals surface area contributed by atoms with Gasteiger partial charge in [-0.2, -0.15) is 0 Å². The van der Waals surface area contributed by atoms with Gasteiger partial charge in [0.05, 0.1) is 6.10 Å². The van der Waals surface area contributed by atoms with Gasteiger partial charge in [0.1, 0.15) is 5.75 Å². The van der Waals surface area contributed by atoms with Gasteiger partial charge >= 0.3 is 0 Å². The molecule has 2 atom stereocenters. The van der Waals surface area contributed by atoms with E-state index >= 15 is 0 Å². The van der Waals surface area contributed by atoms with Crippen molar-refractivity contribution in [2.24, 2.45) is 0 Å². The largest absolute Gasteiger partial charge is 0.490 e. The summed E-state index contributed by atoms with van der Waals surface area (Å²) in [6.07, 6.45) is 2.29. The van der Waals surface area contributed by atoms with Crippen molar-refractivity contribution in [3.05, 3.63) is 29.8 Å². The average molecular weight is 265 g/mol. The minimum absolute atomic E-state index is 0.252. The van der Waals surface area contributed by atoms with Gasteiger partial charge in [-0.05, 0) is 39.3 Å². The summed E-state index contributed by atoms with van der Waals surface area (Å²) in [5, 5.41) is 3.51. The molecule has 0 aliphatic rings. The van der Waals surface area contributed by atoms with Gasteiger partial charge in [0.25, 0.3) is 0 Å². The fourth-order valence-electron chi connectivity index (χ4n) is 1.89. The van der Waals surface area contributed by atoms with Crippen LogP contribution in [0, 0.1) is 0 Å². The van der Waals surface area contributed by atoms with Crippen LogP contribution in [0.5, 0.6) is 5.75 Å². The predicted octanol–water partition coefficient (Wildman–Crippen LogP) is 3.55. The topological polar surface area (TPSA) is 30.5 Å². The van der Waals surface area contributed by atoms with E-state index in [2.05, 4.69) is 44.3 Å². The minimum Gasteiger partial charge on any atom is -0.490 e. The molecule has 0 unspecified atom stereocenters. The second kappa shape index (κ2) is 8.94. The number of para-hydroxylation sites is 1. The van der Waals surface area contributed by atoms with Crippen molar-refractivity contribution >= 4 is 0 Å². The highest BCUT2D eigenvalue weighted by Gasteiger charge is 2.12. The third-order valence-corrected chi connectivity index (χ3v) is 3.26. The first-order valence-electron chi connectivity index (χ1n) is 7.17. The van der Waals surface area contributed by atoms with Crippen molar-refractivity contribution in [1.82, 2.24) is 5.32 Å². The lowest BCUT2D eigenvalue weighted by molar-refractivity contribution is 0.193.